The van der Waals surface area contributed by atoms with Crippen LogP contribution < -0.4 is 11.1 Å². The zero-order valence-electron chi connectivity index (χ0n) is 14.8. The third kappa shape index (κ3) is 4.53. The van der Waals surface area contributed by atoms with Gasteiger partial charge in [-0.05, 0) is 37.3 Å². The number of nitrogens with zero attached hydrogens (tertiary/aromatic N) is 1. The monoisotopic (exact) mass is 365 g/mol. The number of hydrogen-bond donors (Lipinski definition) is 2. The minimum Gasteiger partial charge on any atom is -0.347 e. The maximum Gasteiger partial charge on any atom is 0.242 e. The third-order valence-corrected chi connectivity index (χ3v) is 5.47. The summed E-state index contributed by atoms with van der Waals surface area (Å²) in [7, 11) is 0. The van der Waals surface area contributed by atoms with E-state index in [1.54, 1.807) is 0 Å². The number of benzene rings is 1. The Labute approximate surface area is 155 Å². The Morgan fingerprint density at radius 1 is 1.28 bits per heavy atom. The van der Waals surface area contributed by atoms with Crippen molar-refractivity contribution in [2.75, 3.05) is 13.1 Å². The molecular formula is C19H28ClN3O2. The number of rotatable bonds is 3. The van der Waals surface area contributed by atoms with Gasteiger partial charge in [0.1, 0.15) is 0 Å². The van der Waals surface area contributed by atoms with E-state index < -0.39 is 5.54 Å². The highest BCUT2D eigenvalue weighted by Crippen LogP contribution is 2.31. The number of amides is 2. The summed E-state index contributed by atoms with van der Waals surface area (Å²) < 4.78 is 0. The second-order valence-corrected chi connectivity index (χ2v) is 7.36. The van der Waals surface area contributed by atoms with Crippen LogP contribution >= 0.6 is 12.4 Å². The van der Waals surface area contributed by atoms with Crippen LogP contribution in [-0.4, -0.2) is 35.3 Å². The first-order valence-corrected chi connectivity index (χ1v) is 8.88. The van der Waals surface area contributed by atoms with Gasteiger partial charge in [-0.3, -0.25) is 9.59 Å². The lowest BCUT2D eigenvalue weighted by Gasteiger charge is -2.37. The highest BCUT2D eigenvalue weighted by molar-refractivity contribution is 5.86. The Kier molecular flexibility index (Phi) is 6.47. The number of nitrogens with one attached hydrogen (secondary N) is 1. The fourth-order valence-electron chi connectivity index (χ4n) is 3.90. The number of carbonyl (C=O) groups is 2. The SMILES string of the molecule is CC1(N)CCCCC1C(=O)NCC(=O)N1CCc2ccccc2C1.Cl. The summed E-state index contributed by atoms with van der Waals surface area (Å²) in [5, 5.41) is 2.82. The van der Waals surface area contributed by atoms with Gasteiger partial charge in [0, 0.05) is 18.6 Å². The number of nitrogens with two attached hydrogens (primary N) is 1. The van der Waals surface area contributed by atoms with E-state index in [0.29, 0.717) is 13.1 Å². The molecule has 138 valence electrons. The Morgan fingerprint density at radius 2 is 2.00 bits per heavy atom. The Balaban J connectivity index is 0.00000225. The van der Waals surface area contributed by atoms with E-state index in [4.69, 9.17) is 5.73 Å². The van der Waals surface area contributed by atoms with Crippen LogP contribution in [0.5, 0.6) is 0 Å². The van der Waals surface area contributed by atoms with E-state index >= 15 is 0 Å². The van der Waals surface area contributed by atoms with Crippen LogP contribution in [0.4, 0.5) is 0 Å². The molecule has 2 atom stereocenters. The van der Waals surface area contributed by atoms with Crippen LogP contribution in [0.3, 0.4) is 0 Å². The minimum atomic E-state index is -0.463. The first kappa shape index (κ1) is 19.7. The van der Waals surface area contributed by atoms with Gasteiger partial charge in [0.05, 0.1) is 12.5 Å². The standard InChI is InChI=1S/C19H27N3O2.ClH/c1-19(20)10-5-4-8-16(19)18(24)21-12-17(23)22-11-9-14-6-2-3-7-15(14)13-22;/h2-3,6-7,16H,4-5,8-13,20H2,1H3,(H,21,24);1H. The van der Waals surface area contributed by atoms with Crippen molar-refractivity contribution in [3.05, 3.63) is 35.4 Å². The summed E-state index contributed by atoms with van der Waals surface area (Å²) in [6.07, 6.45) is 4.65. The van der Waals surface area contributed by atoms with E-state index in [9.17, 15) is 9.59 Å². The smallest absolute Gasteiger partial charge is 0.242 e. The van der Waals surface area contributed by atoms with Crippen molar-refractivity contribution in [2.45, 2.75) is 51.1 Å². The molecule has 3 N–H and O–H groups in total. The molecule has 5 nitrogen and oxygen atoms in total. The van der Waals surface area contributed by atoms with Gasteiger partial charge >= 0.3 is 0 Å². The highest BCUT2D eigenvalue weighted by Gasteiger charge is 2.37. The number of hydrogen-bond acceptors (Lipinski definition) is 3. The largest absolute Gasteiger partial charge is 0.347 e. The first-order chi connectivity index (χ1) is 11.5. The van der Waals surface area contributed by atoms with Crippen LogP contribution in [0.25, 0.3) is 0 Å². The molecule has 1 saturated carbocycles. The zero-order chi connectivity index (χ0) is 17.2. The van der Waals surface area contributed by atoms with E-state index in [2.05, 4.69) is 17.4 Å². The van der Waals surface area contributed by atoms with E-state index in [1.165, 1.54) is 11.1 Å². The van der Waals surface area contributed by atoms with Crippen LogP contribution in [0, 0.1) is 5.92 Å². The second kappa shape index (κ2) is 8.19. The van der Waals surface area contributed by atoms with Crippen LogP contribution in [-0.2, 0) is 22.6 Å². The molecular weight excluding hydrogens is 338 g/mol. The molecule has 0 spiro atoms. The Morgan fingerprint density at radius 3 is 2.72 bits per heavy atom. The van der Waals surface area contributed by atoms with Gasteiger partial charge in [0.15, 0.2) is 0 Å². The van der Waals surface area contributed by atoms with Crippen molar-refractivity contribution in [1.82, 2.24) is 10.2 Å². The molecule has 2 amide bonds. The molecule has 1 aromatic carbocycles. The molecule has 25 heavy (non-hydrogen) atoms. The molecule has 0 saturated heterocycles. The molecule has 6 heteroatoms. The zero-order valence-corrected chi connectivity index (χ0v) is 15.6. The van der Waals surface area contributed by atoms with Crippen molar-refractivity contribution in [3.63, 3.8) is 0 Å². The van der Waals surface area contributed by atoms with Crippen molar-refractivity contribution in [3.8, 4) is 0 Å². The maximum atomic E-state index is 12.4. The van der Waals surface area contributed by atoms with Crippen molar-refractivity contribution >= 4 is 24.2 Å². The van der Waals surface area contributed by atoms with Crippen molar-refractivity contribution < 1.29 is 9.59 Å². The fraction of sp³-hybridized carbons (Fsp3) is 0.579. The third-order valence-electron chi connectivity index (χ3n) is 5.47. The van der Waals surface area contributed by atoms with Crippen LogP contribution in [0.1, 0.15) is 43.7 Å². The van der Waals surface area contributed by atoms with Gasteiger partial charge in [0.25, 0.3) is 0 Å². The number of halogens is 1. The first-order valence-electron chi connectivity index (χ1n) is 8.88. The van der Waals surface area contributed by atoms with Gasteiger partial charge in [-0.1, -0.05) is 37.1 Å². The molecule has 1 aliphatic carbocycles. The van der Waals surface area contributed by atoms with Gasteiger partial charge in [-0.2, -0.15) is 0 Å². The van der Waals surface area contributed by atoms with Crippen molar-refractivity contribution in [1.29, 1.82) is 0 Å². The summed E-state index contributed by atoms with van der Waals surface area (Å²) in [4.78, 5) is 26.7. The Hall–Kier alpha value is -1.59. The van der Waals surface area contributed by atoms with Crippen LogP contribution in [0.2, 0.25) is 0 Å². The molecule has 1 heterocycles. The van der Waals surface area contributed by atoms with Crippen LogP contribution in [0.15, 0.2) is 24.3 Å². The maximum absolute atomic E-state index is 12.4. The lowest BCUT2D eigenvalue weighted by Crippen LogP contribution is -2.54. The fourth-order valence-corrected chi connectivity index (χ4v) is 3.90. The molecule has 1 fully saturated rings. The number of carbonyl (C=O) groups excluding carboxylic acids is 2. The Bertz CT molecular complexity index is 633. The quantitative estimate of drug-likeness (QED) is 0.860. The molecule has 0 aromatic heterocycles. The molecule has 0 bridgehead atoms. The summed E-state index contributed by atoms with van der Waals surface area (Å²) in [5.41, 5.74) is 8.32. The topological polar surface area (TPSA) is 75.4 Å². The molecule has 2 unspecified atom stereocenters. The van der Waals surface area contributed by atoms with Crippen molar-refractivity contribution in [2.24, 2.45) is 11.7 Å². The minimum absolute atomic E-state index is 0. The second-order valence-electron chi connectivity index (χ2n) is 7.36. The molecule has 0 radical (unpaired) electrons. The summed E-state index contributed by atoms with van der Waals surface area (Å²) in [6, 6.07) is 8.21. The average molecular weight is 366 g/mol. The lowest BCUT2D eigenvalue weighted by molar-refractivity contribution is -0.135. The predicted molar refractivity (Wildman–Crippen MR) is 100 cm³/mol. The molecule has 2 aliphatic rings. The normalized spacial score (nSPS) is 25.5. The molecule has 3 rings (SSSR count). The summed E-state index contributed by atoms with van der Waals surface area (Å²) in [5.74, 6) is -0.293. The highest BCUT2D eigenvalue weighted by atomic mass is 35.5. The van der Waals surface area contributed by atoms with Gasteiger partial charge in [-0.25, -0.2) is 0 Å². The van der Waals surface area contributed by atoms with E-state index in [-0.39, 0.29) is 36.7 Å². The van der Waals surface area contributed by atoms with Gasteiger partial charge in [0.2, 0.25) is 11.8 Å². The van der Waals surface area contributed by atoms with E-state index in [0.717, 1.165) is 32.1 Å². The van der Waals surface area contributed by atoms with Gasteiger partial charge < -0.3 is 16.0 Å². The number of fused-ring (bicyclic) bond motifs is 1. The molecule has 1 aromatic rings. The predicted octanol–water partition coefficient (Wildman–Crippen LogP) is 2.02. The van der Waals surface area contributed by atoms with E-state index in [1.807, 2.05) is 24.0 Å². The molecule has 1 aliphatic heterocycles. The summed E-state index contributed by atoms with van der Waals surface area (Å²) in [6.45, 7) is 3.35. The van der Waals surface area contributed by atoms with Gasteiger partial charge in [-0.15, -0.1) is 12.4 Å². The summed E-state index contributed by atoms with van der Waals surface area (Å²) >= 11 is 0. The average Bonchev–Trinajstić information content (AvgIpc) is 2.58. The lowest BCUT2D eigenvalue weighted by atomic mass is 9.74.